The Morgan fingerprint density at radius 1 is 1.33 bits per heavy atom. The van der Waals surface area contributed by atoms with Crippen LogP contribution >= 0.6 is 12.2 Å². The van der Waals surface area contributed by atoms with Gasteiger partial charge < -0.3 is 5.73 Å². The average molecular weight is 185 g/mol. The molecule has 1 nitrogen and oxygen atoms in total. The van der Waals surface area contributed by atoms with Gasteiger partial charge in [0.1, 0.15) is 0 Å². The Balaban J connectivity index is 2.25. The minimum absolute atomic E-state index is 0.549. The Morgan fingerprint density at radius 2 is 1.92 bits per heavy atom. The number of thiocarbonyl (C=S) groups is 1. The minimum atomic E-state index is 0.549. The fourth-order valence-corrected chi connectivity index (χ4v) is 2.38. The lowest BCUT2D eigenvalue weighted by Crippen LogP contribution is -2.25. The van der Waals surface area contributed by atoms with Crippen LogP contribution in [0.3, 0.4) is 0 Å². The van der Waals surface area contributed by atoms with Crippen molar-refractivity contribution in [1.29, 1.82) is 0 Å². The first kappa shape index (κ1) is 9.97. The summed E-state index contributed by atoms with van der Waals surface area (Å²) in [6.45, 7) is 2.26. The Kier molecular flexibility index (Phi) is 3.99. The van der Waals surface area contributed by atoms with Gasteiger partial charge in [0.15, 0.2) is 0 Å². The van der Waals surface area contributed by atoms with Crippen molar-refractivity contribution in [2.75, 3.05) is 0 Å². The molecule has 1 aliphatic rings. The number of hydrogen-bond acceptors (Lipinski definition) is 1. The van der Waals surface area contributed by atoms with Crippen molar-refractivity contribution in [2.24, 2.45) is 17.6 Å². The molecule has 1 fully saturated rings. The van der Waals surface area contributed by atoms with E-state index in [0.29, 0.717) is 5.92 Å². The van der Waals surface area contributed by atoms with Crippen molar-refractivity contribution in [1.82, 2.24) is 0 Å². The largest absolute Gasteiger partial charge is 0.393 e. The predicted molar refractivity (Wildman–Crippen MR) is 57.1 cm³/mol. The van der Waals surface area contributed by atoms with Crippen molar-refractivity contribution in [3.05, 3.63) is 0 Å². The molecule has 1 aliphatic carbocycles. The molecule has 0 spiro atoms. The van der Waals surface area contributed by atoms with Crippen LogP contribution in [0.15, 0.2) is 0 Å². The molecule has 70 valence electrons. The second-order valence-electron chi connectivity index (χ2n) is 3.91. The van der Waals surface area contributed by atoms with Gasteiger partial charge in [-0.15, -0.1) is 0 Å². The molecule has 0 amide bonds. The van der Waals surface area contributed by atoms with E-state index in [9.17, 15) is 0 Å². The van der Waals surface area contributed by atoms with Crippen LogP contribution in [-0.2, 0) is 0 Å². The molecule has 0 saturated heterocycles. The number of rotatable bonds is 3. The molecule has 0 aromatic rings. The van der Waals surface area contributed by atoms with Crippen molar-refractivity contribution in [3.63, 3.8) is 0 Å². The predicted octanol–water partition coefficient (Wildman–Crippen LogP) is 2.88. The molecule has 0 atom stereocenters. The topological polar surface area (TPSA) is 26.0 Å². The Hall–Kier alpha value is -0.110. The van der Waals surface area contributed by atoms with E-state index < -0.39 is 0 Å². The Labute approximate surface area is 80.7 Å². The van der Waals surface area contributed by atoms with Crippen LogP contribution in [0.5, 0.6) is 0 Å². The van der Waals surface area contributed by atoms with Gasteiger partial charge in [0.2, 0.25) is 0 Å². The SMILES string of the molecule is CCCC1CCC(C(N)=S)CC1. The van der Waals surface area contributed by atoms with Gasteiger partial charge in [-0.2, -0.15) is 0 Å². The lowest BCUT2D eigenvalue weighted by Gasteiger charge is -2.27. The molecule has 2 heteroatoms. The van der Waals surface area contributed by atoms with Gasteiger partial charge in [0.25, 0.3) is 0 Å². The third-order valence-corrected chi connectivity index (χ3v) is 3.28. The highest BCUT2D eigenvalue weighted by molar-refractivity contribution is 7.80. The van der Waals surface area contributed by atoms with E-state index in [1.807, 2.05) is 0 Å². The van der Waals surface area contributed by atoms with E-state index in [0.717, 1.165) is 10.9 Å². The molecule has 12 heavy (non-hydrogen) atoms. The van der Waals surface area contributed by atoms with E-state index in [4.69, 9.17) is 18.0 Å². The van der Waals surface area contributed by atoms with Crippen molar-refractivity contribution in [3.8, 4) is 0 Å². The first-order chi connectivity index (χ1) is 5.74. The molecular formula is C10H19NS. The van der Waals surface area contributed by atoms with Crippen LogP contribution in [-0.4, -0.2) is 4.99 Å². The van der Waals surface area contributed by atoms with E-state index in [1.54, 1.807) is 0 Å². The van der Waals surface area contributed by atoms with Gasteiger partial charge in [-0.3, -0.25) is 0 Å². The van der Waals surface area contributed by atoms with Gasteiger partial charge in [-0.1, -0.05) is 32.0 Å². The standard InChI is InChI=1S/C10H19NS/c1-2-3-8-4-6-9(7-5-8)10(11)12/h8-9H,2-7H2,1H3,(H2,11,12). The first-order valence-electron chi connectivity index (χ1n) is 5.03. The zero-order chi connectivity index (χ0) is 8.97. The average Bonchev–Trinajstić information content (AvgIpc) is 2.06. The Morgan fingerprint density at radius 3 is 2.33 bits per heavy atom. The smallest absolute Gasteiger partial charge is 0.0758 e. The molecule has 0 heterocycles. The summed E-state index contributed by atoms with van der Waals surface area (Å²) in [4.78, 5) is 0.741. The van der Waals surface area contributed by atoms with Crippen LogP contribution in [0.25, 0.3) is 0 Å². The van der Waals surface area contributed by atoms with Crippen LogP contribution in [0.1, 0.15) is 45.4 Å². The molecule has 0 aliphatic heterocycles. The summed E-state index contributed by atoms with van der Waals surface area (Å²) >= 11 is 5.00. The maximum Gasteiger partial charge on any atom is 0.0758 e. The van der Waals surface area contributed by atoms with Gasteiger partial charge in [0, 0.05) is 5.92 Å². The third kappa shape index (κ3) is 2.74. The quantitative estimate of drug-likeness (QED) is 0.684. The Bertz CT molecular complexity index is 148. The zero-order valence-electron chi connectivity index (χ0n) is 7.88. The monoisotopic (exact) mass is 185 g/mol. The molecule has 0 bridgehead atoms. The van der Waals surface area contributed by atoms with Crippen molar-refractivity contribution >= 4 is 17.2 Å². The molecule has 0 radical (unpaired) electrons. The summed E-state index contributed by atoms with van der Waals surface area (Å²) in [5.41, 5.74) is 5.62. The molecule has 0 unspecified atom stereocenters. The van der Waals surface area contributed by atoms with E-state index in [2.05, 4.69) is 6.92 Å². The third-order valence-electron chi connectivity index (χ3n) is 2.95. The van der Waals surface area contributed by atoms with Gasteiger partial charge in [0.05, 0.1) is 4.99 Å². The van der Waals surface area contributed by atoms with Gasteiger partial charge >= 0.3 is 0 Å². The highest BCUT2D eigenvalue weighted by Gasteiger charge is 2.21. The van der Waals surface area contributed by atoms with E-state index >= 15 is 0 Å². The molecule has 2 N–H and O–H groups in total. The fourth-order valence-electron chi connectivity index (χ4n) is 2.14. The molecule has 1 rings (SSSR count). The number of hydrogen-bond donors (Lipinski definition) is 1. The lowest BCUT2D eigenvalue weighted by atomic mass is 9.80. The van der Waals surface area contributed by atoms with Crippen molar-refractivity contribution < 1.29 is 0 Å². The fraction of sp³-hybridized carbons (Fsp3) is 0.900. The van der Waals surface area contributed by atoms with Gasteiger partial charge in [-0.25, -0.2) is 0 Å². The highest BCUT2D eigenvalue weighted by Crippen LogP contribution is 2.31. The van der Waals surface area contributed by atoms with Gasteiger partial charge in [-0.05, 0) is 31.6 Å². The normalized spacial score (nSPS) is 30.1. The van der Waals surface area contributed by atoms with E-state index in [1.165, 1.54) is 38.5 Å². The van der Waals surface area contributed by atoms with Crippen LogP contribution in [0, 0.1) is 11.8 Å². The zero-order valence-corrected chi connectivity index (χ0v) is 8.70. The van der Waals surface area contributed by atoms with E-state index in [-0.39, 0.29) is 0 Å². The summed E-state index contributed by atoms with van der Waals surface area (Å²) in [7, 11) is 0. The lowest BCUT2D eigenvalue weighted by molar-refractivity contribution is 0.305. The maximum absolute atomic E-state index is 5.62. The summed E-state index contributed by atoms with van der Waals surface area (Å²) in [5.74, 6) is 1.51. The second-order valence-corrected chi connectivity index (χ2v) is 4.38. The van der Waals surface area contributed by atoms with Crippen molar-refractivity contribution in [2.45, 2.75) is 45.4 Å². The second kappa shape index (κ2) is 4.80. The first-order valence-corrected chi connectivity index (χ1v) is 5.44. The summed E-state index contributed by atoms with van der Waals surface area (Å²) < 4.78 is 0. The van der Waals surface area contributed by atoms with Crippen LogP contribution < -0.4 is 5.73 Å². The molecule has 0 aromatic carbocycles. The molecular weight excluding hydrogens is 166 g/mol. The highest BCUT2D eigenvalue weighted by atomic mass is 32.1. The molecule has 1 saturated carbocycles. The molecule has 0 aromatic heterocycles. The van der Waals surface area contributed by atoms with Crippen LogP contribution in [0.2, 0.25) is 0 Å². The van der Waals surface area contributed by atoms with Crippen LogP contribution in [0.4, 0.5) is 0 Å². The maximum atomic E-state index is 5.62. The minimum Gasteiger partial charge on any atom is -0.393 e. The summed E-state index contributed by atoms with van der Waals surface area (Å²) in [6.07, 6.45) is 7.87. The summed E-state index contributed by atoms with van der Waals surface area (Å²) in [6, 6.07) is 0. The summed E-state index contributed by atoms with van der Waals surface area (Å²) in [5, 5.41) is 0. The number of nitrogens with two attached hydrogens (primary N) is 1.